The fraction of sp³-hybridized carbons (Fsp3) is 0.182. The summed E-state index contributed by atoms with van der Waals surface area (Å²) in [6.45, 7) is 0. The van der Waals surface area contributed by atoms with E-state index in [1.165, 1.54) is 4.57 Å². The monoisotopic (exact) mass is 220 g/mol. The molecule has 16 heavy (non-hydrogen) atoms. The maximum atomic E-state index is 11.4. The Bertz CT molecular complexity index is 542. The lowest BCUT2D eigenvalue weighted by atomic mass is 10.2. The lowest BCUT2D eigenvalue weighted by Gasteiger charge is -2.09. The SMILES string of the molecule is COc1ccc(-n2cc[nH]c2=O)cc1OC. The maximum absolute atomic E-state index is 11.4. The molecule has 0 unspecified atom stereocenters. The molecule has 0 amide bonds. The molecule has 5 heteroatoms. The van der Waals surface area contributed by atoms with E-state index >= 15 is 0 Å². The highest BCUT2D eigenvalue weighted by Gasteiger charge is 2.06. The molecule has 1 heterocycles. The molecule has 0 aliphatic heterocycles. The summed E-state index contributed by atoms with van der Waals surface area (Å²) in [5.74, 6) is 1.22. The Morgan fingerprint density at radius 1 is 1.19 bits per heavy atom. The van der Waals surface area contributed by atoms with Crippen LogP contribution in [0.1, 0.15) is 0 Å². The number of rotatable bonds is 3. The van der Waals surface area contributed by atoms with Crippen LogP contribution in [0, 0.1) is 0 Å². The zero-order chi connectivity index (χ0) is 11.5. The van der Waals surface area contributed by atoms with Crippen molar-refractivity contribution in [3.63, 3.8) is 0 Å². The number of H-pyrrole nitrogens is 1. The summed E-state index contributed by atoms with van der Waals surface area (Å²) >= 11 is 0. The average Bonchev–Trinajstić information content (AvgIpc) is 2.74. The average molecular weight is 220 g/mol. The quantitative estimate of drug-likeness (QED) is 0.845. The molecule has 0 bridgehead atoms. The van der Waals surface area contributed by atoms with E-state index in [4.69, 9.17) is 9.47 Å². The first-order valence-electron chi connectivity index (χ1n) is 4.74. The zero-order valence-electron chi connectivity index (χ0n) is 9.06. The largest absolute Gasteiger partial charge is 0.493 e. The predicted octanol–water partition coefficient (Wildman–Crippen LogP) is 1.18. The lowest BCUT2D eigenvalue weighted by molar-refractivity contribution is 0.355. The minimum absolute atomic E-state index is 0.188. The van der Waals surface area contributed by atoms with Crippen LogP contribution >= 0.6 is 0 Å². The van der Waals surface area contributed by atoms with E-state index in [1.807, 2.05) is 0 Å². The fourth-order valence-electron chi connectivity index (χ4n) is 1.50. The predicted molar refractivity (Wildman–Crippen MR) is 59.5 cm³/mol. The summed E-state index contributed by atoms with van der Waals surface area (Å²) in [5.41, 5.74) is 0.538. The minimum Gasteiger partial charge on any atom is -0.493 e. The number of hydrogen-bond donors (Lipinski definition) is 1. The van der Waals surface area contributed by atoms with E-state index in [0.717, 1.165) is 5.69 Å². The molecule has 0 fully saturated rings. The van der Waals surface area contributed by atoms with Gasteiger partial charge >= 0.3 is 5.69 Å². The van der Waals surface area contributed by atoms with Crippen molar-refractivity contribution in [3.05, 3.63) is 41.1 Å². The molecule has 0 radical (unpaired) electrons. The van der Waals surface area contributed by atoms with Crippen LogP contribution in [0.4, 0.5) is 0 Å². The third-order valence-electron chi connectivity index (χ3n) is 2.29. The van der Waals surface area contributed by atoms with Gasteiger partial charge < -0.3 is 14.5 Å². The van der Waals surface area contributed by atoms with Gasteiger partial charge in [0.1, 0.15) is 0 Å². The van der Waals surface area contributed by atoms with Crippen LogP contribution < -0.4 is 15.2 Å². The fourth-order valence-corrected chi connectivity index (χ4v) is 1.50. The Balaban J connectivity index is 2.52. The number of methoxy groups -OCH3 is 2. The van der Waals surface area contributed by atoms with Crippen molar-refractivity contribution in [1.82, 2.24) is 9.55 Å². The second-order valence-electron chi connectivity index (χ2n) is 3.17. The summed E-state index contributed by atoms with van der Waals surface area (Å²) in [5, 5.41) is 0. The van der Waals surface area contributed by atoms with Crippen molar-refractivity contribution in [2.24, 2.45) is 0 Å². The van der Waals surface area contributed by atoms with Crippen LogP contribution in [0.15, 0.2) is 35.4 Å². The number of benzene rings is 1. The smallest absolute Gasteiger partial charge is 0.330 e. The molecule has 0 aliphatic carbocycles. The first-order valence-corrected chi connectivity index (χ1v) is 4.74. The van der Waals surface area contributed by atoms with Gasteiger partial charge in [-0.05, 0) is 12.1 Å². The Kier molecular flexibility index (Phi) is 2.68. The van der Waals surface area contributed by atoms with Crippen molar-refractivity contribution in [2.75, 3.05) is 14.2 Å². The minimum atomic E-state index is -0.188. The van der Waals surface area contributed by atoms with Crippen molar-refractivity contribution in [2.45, 2.75) is 0 Å². The highest BCUT2D eigenvalue weighted by molar-refractivity contribution is 5.48. The highest BCUT2D eigenvalue weighted by Crippen LogP contribution is 2.28. The van der Waals surface area contributed by atoms with Crippen LogP contribution in [0.2, 0.25) is 0 Å². The van der Waals surface area contributed by atoms with Crippen LogP contribution in [0.25, 0.3) is 5.69 Å². The van der Waals surface area contributed by atoms with Gasteiger partial charge in [-0.15, -0.1) is 0 Å². The van der Waals surface area contributed by atoms with Crippen LogP contribution in [0.5, 0.6) is 11.5 Å². The van der Waals surface area contributed by atoms with Gasteiger partial charge in [0.2, 0.25) is 0 Å². The van der Waals surface area contributed by atoms with Crippen LogP contribution in [-0.2, 0) is 0 Å². The molecule has 5 nitrogen and oxygen atoms in total. The van der Waals surface area contributed by atoms with E-state index in [-0.39, 0.29) is 5.69 Å². The van der Waals surface area contributed by atoms with Gasteiger partial charge in [0.15, 0.2) is 11.5 Å². The van der Waals surface area contributed by atoms with E-state index < -0.39 is 0 Å². The zero-order valence-corrected chi connectivity index (χ0v) is 9.06. The number of aromatic nitrogens is 2. The third-order valence-corrected chi connectivity index (χ3v) is 2.29. The first kappa shape index (κ1) is 10.4. The molecule has 84 valence electrons. The molecule has 1 N–H and O–H groups in total. The molecule has 1 aromatic heterocycles. The van der Waals surface area contributed by atoms with Gasteiger partial charge in [-0.2, -0.15) is 0 Å². The van der Waals surface area contributed by atoms with E-state index in [9.17, 15) is 4.79 Å². The van der Waals surface area contributed by atoms with Gasteiger partial charge in [-0.1, -0.05) is 0 Å². The second kappa shape index (κ2) is 4.14. The molecule has 0 atom stereocenters. The Labute approximate surface area is 92.2 Å². The van der Waals surface area contributed by atoms with E-state index in [1.54, 1.807) is 44.8 Å². The topological polar surface area (TPSA) is 56.2 Å². The number of nitrogens with one attached hydrogen (secondary N) is 1. The van der Waals surface area contributed by atoms with Crippen molar-refractivity contribution in [3.8, 4) is 17.2 Å². The third kappa shape index (κ3) is 1.67. The molecule has 0 saturated heterocycles. The van der Waals surface area contributed by atoms with Gasteiger partial charge in [-0.25, -0.2) is 4.79 Å². The van der Waals surface area contributed by atoms with E-state index in [0.29, 0.717) is 11.5 Å². The summed E-state index contributed by atoms with van der Waals surface area (Å²) in [4.78, 5) is 14.0. The molecule has 2 aromatic rings. The normalized spacial score (nSPS) is 10.1. The van der Waals surface area contributed by atoms with Gasteiger partial charge in [0, 0.05) is 18.5 Å². The summed E-state index contributed by atoms with van der Waals surface area (Å²) < 4.78 is 11.8. The molecule has 0 spiro atoms. The summed E-state index contributed by atoms with van der Waals surface area (Å²) in [6.07, 6.45) is 3.24. The van der Waals surface area contributed by atoms with Crippen LogP contribution in [0.3, 0.4) is 0 Å². The summed E-state index contributed by atoms with van der Waals surface area (Å²) in [6, 6.07) is 5.29. The highest BCUT2D eigenvalue weighted by atomic mass is 16.5. The van der Waals surface area contributed by atoms with Gasteiger partial charge in [0.25, 0.3) is 0 Å². The Morgan fingerprint density at radius 3 is 2.50 bits per heavy atom. The lowest BCUT2D eigenvalue weighted by Crippen LogP contribution is -2.13. The molecular weight excluding hydrogens is 208 g/mol. The molecular formula is C11H12N2O3. The van der Waals surface area contributed by atoms with Crippen molar-refractivity contribution in [1.29, 1.82) is 0 Å². The second-order valence-corrected chi connectivity index (χ2v) is 3.17. The standard InChI is InChI=1S/C11H12N2O3/c1-15-9-4-3-8(7-10(9)16-2)13-6-5-12-11(13)14/h3-7H,1-2H3,(H,12,14). The number of imidazole rings is 1. The van der Waals surface area contributed by atoms with Crippen molar-refractivity contribution < 1.29 is 9.47 Å². The number of hydrogen-bond acceptors (Lipinski definition) is 3. The number of aromatic amines is 1. The van der Waals surface area contributed by atoms with E-state index in [2.05, 4.69) is 4.98 Å². The Hall–Kier alpha value is -2.17. The van der Waals surface area contributed by atoms with Gasteiger partial charge in [-0.3, -0.25) is 4.57 Å². The Morgan fingerprint density at radius 2 is 1.94 bits per heavy atom. The molecule has 0 saturated carbocycles. The van der Waals surface area contributed by atoms with Crippen molar-refractivity contribution >= 4 is 0 Å². The number of nitrogens with zero attached hydrogens (tertiary/aromatic N) is 1. The number of ether oxygens (including phenoxy) is 2. The van der Waals surface area contributed by atoms with Gasteiger partial charge in [0.05, 0.1) is 19.9 Å². The maximum Gasteiger partial charge on any atom is 0.330 e. The van der Waals surface area contributed by atoms with Crippen LogP contribution in [-0.4, -0.2) is 23.8 Å². The molecule has 1 aromatic carbocycles. The first-order chi connectivity index (χ1) is 7.76. The molecule has 0 aliphatic rings. The summed E-state index contributed by atoms with van der Waals surface area (Å²) in [7, 11) is 3.13. The molecule has 2 rings (SSSR count).